The van der Waals surface area contributed by atoms with Crippen LogP contribution in [0.15, 0.2) is 42.5 Å². The van der Waals surface area contributed by atoms with E-state index in [9.17, 15) is 9.59 Å². The van der Waals surface area contributed by atoms with Gasteiger partial charge < -0.3 is 10.2 Å². The van der Waals surface area contributed by atoms with E-state index in [2.05, 4.69) is 29.6 Å². The number of benzene rings is 2. The predicted molar refractivity (Wildman–Crippen MR) is 89.1 cm³/mol. The molecule has 4 nitrogen and oxygen atoms in total. The van der Waals surface area contributed by atoms with Crippen LogP contribution < -0.4 is 5.32 Å². The van der Waals surface area contributed by atoms with Crippen molar-refractivity contribution in [2.45, 2.75) is 19.3 Å². The molecule has 0 bridgehead atoms. The van der Waals surface area contributed by atoms with Crippen molar-refractivity contribution in [3.63, 3.8) is 0 Å². The molecular weight excluding hydrogens is 288 g/mol. The zero-order valence-corrected chi connectivity index (χ0v) is 12.8. The number of anilines is 1. The van der Waals surface area contributed by atoms with E-state index >= 15 is 0 Å². The SMILES string of the molecule is O=C(CN1CCCC1=O)Nc1ccc2c(c1)-c1ccccc1C2. The molecule has 1 aliphatic carbocycles. The third-order valence-corrected chi connectivity index (χ3v) is 4.59. The largest absolute Gasteiger partial charge is 0.333 e. The Bertz CT molecular complexity index is 798. The van der Waals surface area contributed by atoms with Crippen LogP contribution in [-0.4, -0.2) is 29.8 Å². The third-order valence-electron chi connectivity index (χ3n) is 4.59. The fourth-order valence-corrected chi connectivity index (χ4v) is 3.45. The van der Waals surface area contributed by atoms with Gasteiger partial charge in [-0.05, 0) is 47.2 Å². The molecule has 4 rings (SSSR count). The molecule has 1 fully saturated rings. The molecule has 1 aliphatic heterocycles. The van der Waals surface area contributed by atoms with Gasteiger partial charge in [-0.3, -0.25) is 9.59 Å². The first-order valence-electron chi connectivity index (χ1n) is 7.99. The topological polar surface area (TPSA) is 49.4 Å². The highest BCUT2D eigenvalue weighted by atomic mass is 16.2. The number of amides is 2. The minimum Gasteiger partial charge on any atom is -0.333 e. The molecule has 2 aliphatic rings. The Morgan fingerprint density at radius 1 is 1.09 bits per heavy atom. The summed E-state index contributed by atoms with van der Waals surface area (Å²) in [5.41, 5.74) is 5.84. The second kappa shape index (κ2) is 5.54. The first-order valence-corrected chi connectivity index (χ1v) is 7.99. The highest BCUT2D eigenvalue weighted by Crippen LogP contribution is 2.37. The van der Waals surface area contributed by atoms with Crippen molar-refractivity contribution in [2.75, 3.05) is 18.4 Å². The molecule has 2 amide bonds. The molecule has 0 spiro atoms. The smallest absolute Gasteiger partial charge is 0.243 e. The van der Waals surface area contributed by atoms with Gasteiger partial charge in [0.2, 0.25) is 11.8 Å². The van der Waals surface area contributed by atoms with Crippen molar-refractivity contribution in [1.82, 2.24) is 4.90 Å². The molecule has 0 saturated carbocycles. The number of rotatable bonds is 3. The molecule has 1 N–H and O–H groups in total. The van der Waals surface area contributed by atoms with Gasteiger partial charge >= 0.3 is 0 Å². The average molecular weight is 306 g/mol. The molecule has 2 aromatic carbocycles. The van der Waals surface area contributed by atoms with Gasteiger partial charge in [0.15, 0.2) is 0 Å². The first kappa shape index (κ1) is 14.0. The highest BCUT2D eigenvalue weighted by Gasteiger charge is 2.23. The Morgan fingerprint density at radius 3 is 2.74 bits per heavy atom. The van der Waals surface area contributed by atoms with Crippen LogP contribution in [0.4, 0.5) is 5.69 Å². The number of carbonyl (C=O) groups excluding carboxylic acids is 2. The quantitative estimate of drug-likeness (QED) is 0.809. The minimum atomic E-state index is -0.133. The normalized spacial score (nSPS) is 15.5. The summed E-state index contributed by atoms with van der Waals surface area (Å²) in [6.45, 7) is 0.830. The summed E-state index contributed by atoms with van der Waals surface area (Å²) in [6, 6.07) is 14.4. The van der Waals surface area contributed by atoms with Gasteiger partial charge in [-0.15, -0.1) is 0 Å². The van der Waals surface area contributed by atoms with E-state index in [0.29, 0.717) is 13.0 Å². The van der Waals surface area contributed by atoms with E-state index in [-0.39, 0.29) is 18.4 Å². The third kappa shape index (κ3) is 2.61. The number of likely N-dealkylation sites (tertiary alicyclic amines) is 1. The van der Waals surface area contributed by atoms with Gasteiger partial charge in [-0.25, -0.2) is 0 Å². The Hall–Kier alpha value is -2.62. The lowest BCUT2D eigenvalue weighted by molar-refractivity contribution is -0.131. The lowest BCUT2D eigenvalue weighted by atomic mass is 10.1. The van der Waals surface area contributed by atoms with Crippen LogP contribution in [0.5, 0.6) is 0 Å². The summed E-state index contributed by atoms with van der Waals surface area (Å²) >= 11 is 0. The van der Waals surface area contributed by atoms with Crippen molar-refractivity contribution in [1.29, 1.82) is 0 Å². The van der Waals surface area contributed by atoms with Crippen LogP contribution in [0.25, 0.3) is 11.1 Å². The zero-order chi connectivity index (χ0) is 15.8. The van der Waals surface area contributed by atoms with Gasteiger partial charge in [0.25, 0.3) is 0 Å². The molecular formula is C19H18N2O2. The van der Waals surface area contributed by atoms with Gasteiger partial charge in [0.05, 0.1) is 6.54 Å². The number of fused-ring (bicyclic) bond motifs is 3. The van der Waals surface area contributed by atoms with Crippen LogP contribution in [0.3, 0.4) is 0 Å². The van der Waals surface area contributed by atoms with Gasteiger partial charge in [0.1, 0.15) is 0 Å². The molecule has 0 unspecified atom stereocenters. The van der Waals surface area contributed by atoms with Crippen LogP contribution in [0.2, 0.25) is 0 Å². The highest BCUT2D eigenvalue weighted by molar-refractivity contribution is 5.95. The molecule has 23 heavy (non-hydrogen) atoms. The predicted octanol–water partition coefficient (Wildman–Crippen LogP) is 2.82. The number of carbonyl (C=O) groups is 2. The van der Waals surface area contributed by atoms with Crippen LogP contribution in [-0.2, 0) is 16.0 Å². The molecule has 1 heterocycles. The second-order valence-electron chi connectivity index (χ2n) is 6.17. The van der Waals surface area contributed by atoms with Crippen molar-refractivity contribution in [3.05, 3.63) is 53.6 Å². The number of hydrogen-bond acceptors (Lipinski definition) is 2. The van der Waals surface area contributed by atoms with Crippen LogP contribution in [0.1, 0.15) is 24.0 Å². The lowest BCUT2D eigenvalue weighted by Gasteiger charge is -2.15. The van der Waals surface area contributed by atoms with E-state index in [1.165, 1.54) is 22.3 Å². The van der Waals surface area contributed by atoms with Gasteiger partial charge in [-0.1, -0.05) is 30.3 Å². The van der Waals surface area contributed by atoms with Crippen LogP contribution in [0, 0.1) is 0 Å². The van der Waals surface area contributed by atoms with Crippen molar-refractivity contribution < 1.29 is 9.59 Å². The molecule has 116 valence electrons. The molecule has 0 radical (unpaired) electrons. The summed E-state index contributed by atoms with van der Waals surface area (Å²) < 4.78 is 0. The van der Waals surface area contributed by atoms with Crippen molar-refractivity contribution >= 4 is 17.5 Å². The van der Waals surface area contributed by atoms with E-state index in [0.717, 1.165) is 18.5 Å². The molecule has 2 aromatic rings. The summed E-state index contributed by atoms with van der Waals surface area (Å²) in [4.78, 5) is 25.4. The summed E-state index contributed by atoms with van der Waals surface area (Å²) in [7, 11) is 0. The van der Waals surface area contributed by atoms with Crippen molar-refractivity contribution in [3.8, 4) is 11.1 Å². The maximum atomic E-state index is 12.2. The summed E-state index contributed by atoms with van der Waals surface area (Å²) in [6.07, 6.45) is 2.35. The van der Waals surface area contributed by atoms with Crippen LogP contribution >= 0.6 is 0 Å². The lowest BCUT2D eigenvalue weighted by Crippen LogP contribution is -2.33. The van der Waals surface area contributed by atoms with Gasteiger partial charge in [-0.2, -0.15) is 0 Å². The first-order chi connectivity index (χ1) is 11.2. The van der Waals surface area contributed by atoms with E-state index in [1.807, 2.05) is 18.2 Å². The molecule has 4 heteroatoms. The number of nitrogens with zero attached hydrogens (tertiary/aromatic N) is 1. The molecule has 0 atom stereocenters. The summed E-state index contributed by atoms with van der Waals surface area (Å²) in [5, 5.41) is 2.92. The molecule has 1 saturated heterocycles. The second-order valence-corrected chi connectivity index (χ2v) is 6.17. The zero-order valence-electron chi connectivity index (χ0n) is 12.8. The minimum absolute atomic E-state index is 0.0723. The Kier molecular flexibility index (Phi) is 3.37. The monoisotopic (exact) mass is 306 g/mol. The van der Waals surface area contributed by atoms with E-state index in [4.69, 9.17) is 0 Å². The number of hydrogen-bond donors (Lipinski definition) is 1. The average Bonchev–Trinajstić information content (AvgIpc) is 3.11. The molecule has 0 aromatic heterocycles. The fraction of sp³-hybridized carbons (Fsp3) is 0.263. The Morgan fingerprint density at radius 2 is 1.91 bits per heavy atom. The van der Waals surface area contributed by atoms with E-state index in [1.54, 1.807) is 4.90 Å². The Labute approximate surface area is 135 Å². The Balaban J connectivity index is 1.51. The van der Waals surface area contributed by atoms with E-state index < -0.39 is 0 Å². The maximum absolute atomic E-state index is 12.2. The maximum Gasteiger partial charge on any atom is 0.243 e. The summed E-state index contributed by atoms with van der Waals surface area (Å²) in [5.74, 6) is -0.0606. The van der Waals surface area contributed by atoms with Gasteiger partial charge in [0, 0.05) is 18.7 Å². The van der Waals surface area contributed by atoms with Crippen molar-refractivity contribution in [2.24, 2.45) is 0 Å². The standard InChI is InChI=1S/C19H18N2O2/c22-18(12-21-9-3-6-19(21)23)20-15-8-7-14-10-13-4-1-2-5-16(13)17(14)11-15/h1-2,4-5,7-8,11H,3,6,9-10,12H2,(H,20,22). The fourth-order valence-electron chi connectivity index (χ4n) is 3.45. The number of nitrogens with one attached hydrogen (secondary N) is 1.